The van der Waals surface area contributed by atoms with Gasteiger partial charge in [-0.15, -0.1) is 24.0 Å². The molecule has 1 atom stereocenters. The van der Waals surface area contributed by atoms with E-state index in [9.17, 15) is 4.79 Å². The Morgan fingerprint density at radius 3 is 2.68 bits per heavy atom. The summed E-state index contributed by atoms with van der Waals surface area (Å²) in [5, 5.41) is 6.32. The first-order valence-corrected chi connectivity index (χ1v) is 9.11. The van der Waals surface area contributed by atoms with Crippen LogP contribution < -0.4 is 10.6 Å². The molecule has 2 N–H and O–H groups in total. The molecule has 25 heavy (non-hydrogen) atoms. The first-order chi connectivity index (χ1) is 11.7. The van der Waals surface area contributed by atoms with Crippen molar-refractivity contribution in [2.45, 2.75) is 38.6 Å². The number of halogens is 1. The van der Waals surface area contributed by atoms with Gasteiger partial charge in [0.2, 0.25) is 5.91 Å². The second-order valence-corrected chi connectivity index (χ2v) is 6.80. The number of aliphatic imine (C=N–C) groups is 1. The molecule has 2 fully saturated rings. The van der Waals surface area contributed by atoms with Crippen LogP contribution in [0, 0.1) is 5.92 Å². The second kappa shape index (κ2) is 9.99. The van der Waals surface area contributed by atoms with Gasteiger partial charge in [0, 0.05) is 25.7 Å². The normalized spacial score (nSPS) is 20.1. The summed E-state index contributed by atoms with van der Waals surface area (Å²) >= 11 is 0. The van der Waals surface area contributed by atoms with Gasteiger partial charge < -0.3 is 15.5 Å². The minimum absolute atomic E-state index is 0. The van der Waals surface area contributed by atoms with Crippen LogP contribution in [0.3, 0.4) is 0 Å². The fourth-order valence-electron chi connectivity index (χ4n) is 3.21. The average Bonchev–Trinajstić information content (AvgIpc) is 3.28. The molecule has 138 valence electrons. The van der Waals surface area contributed by atoms with E-state index in [4.69, 9.17) is 0 Å². The van der Waals surface area contributed by atoms with Crippen molar-refractivity contribution in [2.24, 2.45) is 10.9 Å². The minimum atomic E-state index is 0. The third kappa shape index (κ3) is 6.49. The number of rotatable bonds is 6. The van der Waals surface area contributed by atoms with Crippen molar-refractivity contribution in [3.63, 3.8) is 0 Å². The van der Waals surface area contributed by atoms with Crippen LogP contribution in [0.5, 0.6) is 0 Å². The molecule has 1 amide bonds. The van der Waals surface area contributed by atoms with E-state index in [2.05, 4.69) is 57.8 Å². The van der Waals surface area contributed by atoms with Crippen LogP contribution in [0.25, 0.3) is 0 Å². The van der Waals surface area contributed by atoms with Crippen molar-refractivity contribution in [2.75, 3.05) is 26.2 Å². The molecule has 6 heteroatoms. The molecule has 1 unspecified atom stereocenters. The molecule has 1 aliphatic heterocycles. The zero-order valence-corrected chi connectivity index (χ0v) is 17.2. The Labute approximate surface area is 167 Å². The highest BCUT2D eigenvalue weighted by molar-refractivity contribution is 14.0. The molecule has 0 radical (unpaired) electrons. The van der Waals surface area contributed by atoms with E-state index < -0.39 is 0 Å². The van der Waals surface area contributed by atoms with Crippen LogP contribution in [0.4, 0.5) is 0 Å². The molecule has 1 aromatic carbocycles. The van der Waals surface area contributed by atoms with Crippen LogP contribution in [0.1, 0.15) is 31.7 Å². The first kappa shape index (κ1) is 20.0. The van der Waals surface area contributed by atoms with Crippen LogP contribution in [-0.4, -0.2) is 49.0 Å². The van der Waals surface area contributed by atoms with E-state index in [1.807, 2.05) is 0 Å². The fourth-order valence-corrected chi connectivity index (χ4v) is 3.21. The highest BCUT2D eigenvalue weighted by Crippen LogP contribution is 2.21. The highest BCUT2D eigenvalue weighted by Gasteiger charge is 2.26. The lowest BCUT2D eigenvalue weighted by molar-refractivity contribution is -0.119. The standard InChI is InChI=1S/C19H28N4O.HI/c1-2-20-19(21-13-18(24)22-17-8-9-17)23-11-10-16(14-23)12-15-6-4-3-5-7-15;/h3-7,16-17H,2,8-14H2,1H3,(H,20,21)(H,22,24);1H. The van der Waals surface area contributed by atoms with Crippen LogP contribution in [0.2, 0.25) is 0 Å². The number of carbonyl (C=O) groups excluding carboxylic acids is 1. The lowest BCUT2D eigenvalue weighted by Gasteiger charge is -2.21. The molecular weight excluding hydrogens is 427 g/mol. The van der Waals surface area contributed by atoms with E-state index in [0.717, 1.165) is 44.9 Å². The Kier molecular flexibility index (Phi) is 7.99. The molecule has 3 rings (SSSR count). The number of guanidine groups is 1. The third-order valence-electron chi connectivity index (χ3n) is 4.60. The smallest absolute Gasteiger partial charge is 0.242 e. The lowest BCUT2D eigenvalue weighted by Crippen LogP contribution is -2.41. The van der Waals surface area contributed by atoms with Gasteiger partial charge in [-0.25, -0.2) is 4.99 Å². The molecular formula is C19H29IN4O. The van der Waals surface area contributed by atoms with Gasteiger partial charge in [-0.05, 0) is 44.1 Å². The Balaban J connectivity index is 0.00000225. The maximum atomic E-state index is 11.9. The molecule has 1 heterocycles. The fraction of sp³-hybridized carbons (Fsp3) is 0.579. The van der Waals surface area contributed by atoms with Crippen molar-refractivity contribution >= 4 is 35.8 Å². The summed E-state index contributed by atoms with van der Waals surface area (Å²) in [5.74, 6) is 1.56. The van der Waals surface area contributed by atoms with Gasteiger partial charge in [-0.1, -0.05) is 30.3 Å². The quantitative estimate of drug-likeness (QED) is 0.393. The third-order valence-corrected chi connectivity index (χ3v) is 4.60. The molecule has 0 spiro atoms. The van der Waals surface area contributed by atoms with E-state index in [-0.39, 0.29) is 36.4 Å². The Hall–Kier alpha value is -1.31. The topological polar surface area (TPSA) is 56.7 Å². The van der Waals surface area contributed by atoms with Crippen molar-refractivity contribution in [3.8, 4) is 0 Å². The number of likely N-dealkylation sites (tertiary alicyclic amines) is 1. The number of hydrogen-bond acceptors (Lipinski definition) is 2. The summed E-state index contributed by atoms with van der Waals surface area (Å²) in [4.78, 5) is 18.7. The summed E-state index contributed by atoms with van der Waals surface area (Å²) in [6.07, 6.45) is 4.51. The Morgan fingerprint density at radius 1 is 1.24 bits per heavy atom. The van der Waals surface area contributed by atoms with Crippen molar-refractivity contribution in [1.29, 1.82) is 0 Å². The van der Waals surface area contributed by atoms with Gasteiger partial charge >= 0.3 is 0 Å². The van der Waals surface area contributed by atoms with Gasteiger partial charge in [0.05, 0.1) is 0 Å². The van der Waals surface area contributed by atoms with Crippen LogP contribution in [-0.2, 0) is 11.2 Å². The van der Waals surface area contributed by atoms with Crippen molar-refractivity contribution in [1.82, 2.24) is 15.5 Å². The zero-order chi connectivity index (χ0) is 16.8. The molecule has 1 aliphatic carbocycles. The lowest BCUT2D eigenvalue weighted by atomic mass is 9.99. The number of amides is 1. The van der Waals surface area contributed by atoms with E-state index in [1.54, 1.807) is 0 Å². The summed E-state index contributed by atoms with van der Waals surface area (Å²) < 4.78 is 0. The number of nitrogens with one attached hydrogen (secondary N) is 2. The second-order valence-electron chi connectivity index (χ2n) is 6.80. The molecule has 1 aromatic rings. The monoisotopic (exact) mass is 456 g/mol. The molecule has 1 saturated heterocycles. The largest absolute Gasteiger partial charge is 0.357 e. The van der Waals surface area contributed by atoms with E-state index >= 15 is 0 Å². The number of carbonyl (C=O) groups is 1. The number of benzene rings is 1. The van der Waals surface area contributed by atoms with Gasteiger partial charge in [0.1, 0.15) is 6.54 Å². The highest BCUT2D eigenvalue weighted by atomic mass is 127. The van der Waals surface area contributed by atoms with Gasteiger partial charge in [-0.3, -0.25) is 4.79 Å². The van der Waals surface area contributed by atoms with E-state index in [1.165, 1.54) is 12.0 Å². The summed E-state index contributed by atoms with van der Waals surface area (Å²) in [7, 11) is 0. The van der Waals surface area contributed by atoms with Gasteiger partial charge in [0.25, 0.3) is 0 Å². The summed E-state index contributed by atoms with van der Waals surface area (Å²) in [6.45, 7) is 5.12. The molecule has 0 aromatic heterocycles. The maximum absolute atomic E-state index is 11.9. The summed E-state index contributed by atoms with van der Waals surface area (Å²) in [6, 6.07) is 11.1. The van der Waals surface area contributed by atoms with Gasteiger partial charge in [-0.2, -0.15) is 0 Å². The van der Waals surface area contributed by atoms with Crippen molar-refractivity contribution in [3.05, 3.63) is 35.9 Å². The van der Waals surface area contributed by atoms with Crippen molar-refractivity contribution < 1.29 is 4.79 Å². The van der Waals surface area contributed by atoms with Crippen LogP contribution >= 0.6 is 24.0 Å². The van der Waals surface area contributed by atoms with Gasteiger partial charge in [0.15, 0.2) is 5.96 Å². The minimum Gasteiger partial charge on any atom is -0.357 e. The number of hydrogen-bond donors (Lipinski definition) is 2. The zero-order valence-electron chi connectivity index (χ0n) is 14.9. The molecule has 5 nitrogen and oxygen atoms in total. The summed E-state index contributed by atoms with van der Waals surface area (Å²) in [5.41, 5.74) is 1.40. The predicted molar refractivity (Wildman–Crippen MR) is 112 cm³/mol. The van der Waals surface area contributed by atoms with E-state index in [0.29, 0.717) is 12.0 Å². The number of nitrogens with zero attached hydrogens (tertiary/aromatic N) is 2. The Bertz CT molecular complexity index is 574. The molecule has 1 saturated carbocycles. The molecule has 2 aliphatic rings. The SMILES string of the molecule is CCNC(=NCC(=O)NC1CC1)N1CCC(Cc2ccccc2)C1.I. The predicted octanol–water partition coefficient (Wildman–Crippen LogP) is 2.41. The maximum Gasteiger partial charge on any atom is 0.242 e. The Morgan fingerprint density at radius 2 is 2.00 bits per heavy atom. The van der Waals surface area contributed by atoms with Crippen LogP contribution in [0.15, 0.2) is 35.3 Å². The average molecular weight is 456 g/mol. The first-order valence-electron chi connectivity index (χ1n) is 9.11. The molecule has 0 bridgehead atoms.